The lowest BCUT2D eigenvalue weighted by molar-refractivity contribution is -0.117. The van der Waals surface area contributed by atoms with Crippen molar-refractivity contribution in [1.82, 2.24) is 4.90 Å². The lowest BCUT2D eigenvalue weighted by Gasteiger charge is -2.35. The molecular formula is C15H29NO. The van der Waals surface area contributed by atoms with E-state index in [9.17, 15) is 4.79 Å². The van der Waals surface area contributed by atoms with Crippen LogP contribution in [0.4, 0.5) is 0 Å². The highest BCUT2D eigenvalue weighted by atomic mass is 16.1. The van der Waals surface area contributed by atoms with Crippen molar-refractivity contribution in [2.24, 2.45) is 5.41 Å². The number of rotatable bonds is 6. The summed E-state index contributed by atoms with van der Waals surface area (Å²) >= 11 is 0. The van der Waals surface area contributed by atoms with Crippen molar-refractivity contribution in [2.75, 3.05) is 13.6 Å². The van der Waals surface area contributed by atoms with Gasteiger partial charge in [0, 0.05) is 18.0 Å². The molecule has 0 unspecified atom stereocenters. The molecule has 1 aliphatic rings. The highest BCUT2D eigenvalue weighted by Crippen LogP contribution is 2.28. The third-order valence-electron chi connectivity index (χ3n) is 4.67. The fourth-order valence-corrected chi connectivity index (χ4v) is 3.00. The SMILES string of the molecule is CCC(C=O)(CC)CN(C)C1CCCCCC1. The summed E-state index contributed by atoms with van der Waals surface area (Å²) in [6.07, 6.45) is 11.3. The number of hydrogen-bond donors (Lipinski definition) is 0. The number of hydrogen-bond acceptors (Lipinski definition) is 2. The Morgan fingerprint density at radius 2 is 1.65 bits per heavy atom. The molecule has 1 fully saturated rings. The molecule has 0 heterocycles. The van der Waals surface area contributed by atoms with E-state index in [1.54, 1.807) is 0 Å². The second-order valence-corrected chi connectivity index (χ2v) is 5.75. The fourth-order valence-electron chi connectivity index (χ4n) is 3.00. The highest BCUT2D eigenvalue weighted by molar-refractivity contribution is 5.59. The van der Waals surface area contributed by atoms with Crippen molar-refractivity contribution in [1.29, 1.82) is 0 Å². The van der Waals surface area contributed by atoms with Crippen LogP contribution >= 0.6 is 0 Å². The molecule has 0 aromatic carbocycles. The predicted molar refractivity (Wildman–Crippen MR) is 73.2 cm³/mol. The molecule has 0 aromatic rings. The van der Waals surface area contributed by atoms with Crippen molar-refractivity contribution < 1.29 is 4.79 Å². The van der Waals surface area contributed by atoms with Crippen molar-refractivity contribution in [3.8, 4) is 0 Å². The average molecular weight is 239 g/mol. The van der Waals surface area contributed by atoms with Crippen LogP contribution in [0.1, 0.15) is 65.2 Å². The average Bonchev–Trinajstić information content (AvgIpc) is 2.65. The van der Waals surface area contributed by atoms with Gasteiger partial charge in [0.1, 0.15) is 6.29 Å². The molecule has 17 heavy (non-hydrogen) atoms. The summed E-state index contributed by atoms with van der Waals surface area (Å²) in [5.74, 6) is 0. The topological polar surface area (TPSA) is 20.3 Å². The fraction of sp³-hybridized carbons (Fsp3) is 0.933. The van der Waals surface area contributed by atoms with Gasteiger partial charge in [0.2, 0.25) is 0 Å². The molecule has 100 valence electrons. The van der Waals surface area contributed by atoms with Gasteiger partial charge in [0.05, 0.1) is 0 Å². The van der Waals surface area contributed by atoms with Gasteiger partial charge in [0.15, 0.2) is 0 Å². The van der Waals surface area contributed by atoms with Crippen molar-refractivity contribution in [2.45, 2.75) is 71.3 Å². The van der Waals surface area contributed by atoms with Crippen LogP contribution < -0.4 is 0 Å². The molecule has 0 saturated heterocycles. The molecule has 2 nitrogen and oxygen atoms in total. The van der Waals surface area contributed by atoms with Crippen LogP contribution in [0.15, 0.2) is 0 Å². The largest absolute Gasteiger partial charge is 0.303 e. The van der Waals surface area contributed by atoms with E-state index in [4.69, 9.17) is 0 Å². The monoisotopic (exact) mass is 239 g/mol. The molecule has 0 aliphatic heterocycles. The third-order valence-corrected chi connectivity index (χ3v) is 4.67. The van der Waals surface area contributed by atoms with E-state index < -0.39 is 0 Å². The summed E-state index contributed by atoms with van der Waals surface area (Å²) in [4.78, 5) is 13.8. The zero-order chi connectivity index (χ0) is 12.7. The van der Waals surface area contributed by atoms with Crippen molar-refractivity contribution in [3.05, 3.63) is 0 Å². The first-order valence-corrected chi connectivity index (χ1v) is 7.34. The minimum Gasteiger partial charge on any atom is -0.303 e. The van der Waals surface area contributed by atoms with Gasteiger partial charge in [0.25, 0.3) is 0 Å². The lowest BCUT2D eigenvalue weighted by atomic mass is 9.83. The molecule has 1 aliphatic carbocycles. The van der Waals surface area contributed by atoms with E-state index in [2.05, 4.69) is 25.8 Å². The van der Waals surface area contributed by atoms with Gasteiger partial charge in [-0.15, -0.1) is 0 Å². The predicted octanol–water partition coefficient (Wildman–Crippen LogP) is 3.65. The van der Waals surface area contributed by atoms with E-state index in [1.807, 2.05) is 0 Å². The summed E-state index contributed by atoms with van der Waals surface area (Å²) < 4.78 is 0. The summed E-state index contributed by atoms with van der Waals surface area (Å²) in [5.41, 5.74) is -0.110. The second kappa shape index (κ2) is 7.15. The Bertz CT molecular complexity index is 215. The number of aldehydes is 1. The maximum absolute atomic E-state index is 11.3. The number of nitrogens with zero attached hydrogens (tertiary/aromatic N) is 1. The van der Waals surface area contributed by atoms with Gasteiger partial charge in [-0.25, -0.2) is 0 Å². The minimum atomic E-state index is -0.110. The molecule has 0 N–H and O–H groups in total. The van der Waals surface area contributed by atoms with Crippen LogP contribution in [0, 0.1) is 5.41 Å². The first-order valence-electron chi connectivity index (χ1n) is 7.34. The van der Waals surface area contributed by atoms with Crippen LogP contribution in [0.2, 0.25) is 0 Å². The Morgan fingerprint density at radius 3 is 2.06 bits per heavy atom. The van der Waals surface area contributed by atoms with Gasteiger partial charge >= 0.3 is 0 Å². The summed E-state index contributed by atoms with van der Waals surface area (Å²) in [7, 11) is 2.21. The van der Waals surface area contributed by atoms with Gasteiger partial charge in [-0.05, 0) is 32.7 Å². The van der Waals surface area contributed by atoms with Crippen LogP contribution in [0.5, 0.6) is 0 Å². The third kappa shape index (κ3) is 4.09. The lowest BCUT2D eigenvalue weighted by Crippen LogP contribution is -2.41. The Kier molecular flexibility index (Phi) is 6.18. The molecule has 1 saturated carbocycles. The normalized spacial score (nSPS) is 19.3. The smallest absolute Gasteiger partial charge is 0.127 e. The minimum absolute atomic E-state index is 0.110. The molecule has 0 amide bonds. The molecular weight excluding hydrogens is 210 g/mol. The van der Waals surface area contributed by atoms with Crippen LogP contribution in [0.25, 0.3) is 0 Å². The van der Waals surface area contributed by atoms with E-state index >= 15 is 0 Å². The standard InChI is InChI=1S/C15H29NO/c1-4-15(5-2,13-17)12-16(3)14-10-8-6-7-9-11-14/h13-14H,4-12H2,1-3H3. The van der Waals surface area contributed by atoms with Crippen LogP contribution in [0.3, 0.4) is 0 Å². The van der Waals surface area contributed by atoms with Crippen molar-refractivity contribution >= 4 is 6.29 Å². The maximum Gasteiger partial charge on any atom is 0.127 e. The molecule has 0 atom stereocenters. The molecule has 2 heteroatoms. The molecule has 1 rings (SSSR count). The van der Waals surface area contributed by atoms with Crippen molar-refractivity contribution in [3.63, 3.8) is 0 Å². The Hall–Kier alpha value is -0.370. The first-order chi connectivity index (χ1) is 8.17. The Balaban J connectivity index is 2.55. The summed E-state index contributed by atoms with van der Waals surface area (Å²) in [5, 5.41) is 0. The van der Waals surface area contributed by atoms with Gasteiger partial charge in [-0.3, -0.25) is 0 Å². The zero-order valence-electron chi connectivity index (χ0n) is 11.9. The number of carbonyl (C=O) groups excluding carboxylic acids is 1. The van der Waals surface area contributed by atoms with E-state index in [0.29, 0.717) is 6.04 Å². The van der Waals surface area contributed by atoms with Gasteiger partial charge in [-0.2, -0.15) is 0 Å². The summed E-state index contributed by atoms with van der Waals surface area (Å²) in [6.45, 7) is 5.21. The van der Waals surface area contributed by atoms with E-state index in [1.165, 1.54) is 44.8 Å². The molecule has 0 bridgehead atoms. The molecule has 0 radical (unpaired) electrons. The molecule has 0 aromatic heterocycles. The zero-order valence-corrected chi connectivity index (χ0v) is 11.9. The van der Waals surface area contributed by atoms with Crippen LogP contribution in [-0.2, 0) is 4.79 Å². The highest BCUT2D eigenvalue weighted by Gasteiger charge is 2.29. The van der Waals surface area contributed by atoms with Crippen LogP contribution in [-0.4, -0.2) is 30.8 Å². The number of carbonyl (C=O) groups is 1. The Morgan fingerprint density at radius 1 is 1.12 bits per heavy atom. The van der Waals surface area contributed by atoms with Gasteiger partial charge < -0.3 is 9.69 Å². The van der Waals surface area contributed by atoms with E-state index in [-0.39, 0.29) is 5.41 Å². The quantitative estimate of drug-likeness (QED) is 0.521. The Labute approximate surface area is 107 Å². The van der Waals surface area contributed by atoms with E-state index in [0.717, 1.165) is 19.4 Å². The second-order valence-electron chi connectivity index (χ2n) is 5.75. The summed E-state index contributed by atoms with van der Waals surface area (Å²) in [6, 6.07) is 0.704. The maximum atomic E-state index is 11.3. The first kappa shape index (κ1) is 14.7. The molecule has 0 spiro atoms. The van der Waals surface area contributed by atoms with Gasteiger partial charge in [-0.1, -0.05) is 39.5 Å².